The van der Waals surface area contributed by atoms with Crippen molar-refractivity contribution in [3.63, 3.8) is 0 Å². The fourth-order valence-electron chi connectivity index (χ4n) is 8.30. The van der Waals surface area contributed by atoms with Crippen LogP contribution in [-0.2, 0) is 23.9 Å². The second-order valence-electron chi connectivity index (χ2n) is 17.4. The van der Waals surface area contributed by atoms with Crippen LogP contribution in [0.3, 0.4) is 0 Å². The Morgan fingerprint density at radius 3 is 1.26 bits per heavy atom. The summed E-state index contributed by atoms with van der Waals surface area (Å²) >= 11 is 0. The average molecular weight is 824 g/mol. The second kappa shape index (κ2) is 48.0. The fraction of sp³-hybridized carbons (Fsp3) is 0.941. The van der Waals surface area contributed by atoms with Crippen molar-refractivity contribution in [2.75, 3.05) is 26.2 Å². The molecule has 58 heavy (non-hydrogen) atoms. The third kappa shape index (κ3) is 42.5. The number of unbranched alkanes of at least 4 members (excludes halogenated alkanes) is 19. The van der Waals surface area contributed by atoms with Gasteiger partial charge in [-0.1, -0.05) is 202 Å². The smallest absolute Gasteiger partial charge is 0.306 e. The molecule has 0 aliphatic heterocycles. The zero-order valence-electron chi connectivity index (χ0n) is 39.8. The largest absolute Gasteiger partial charge is 0.483 e. The van der Waals surface area contributed by atoms with E-state index in [1.807, 2.05) is 0 Å². The molecule has 0 heterocycles. The minimum Gasteiger partial charge on any atom is -0.483 e. The topological polar surface area (TPSA) is 93.1 Å². The van der Waals surface area contributed by atoms with Crippen molar-refractivity contribution < 1.29 is 29.0 Å². The standard InChI is InChI=1S/C50H99NO4.CH2O2/c1-7-13-35-46(36-14-8-2)39-30-26-22-18-17-19-23-27-31-40-48(55-49(52)42-34-43-51(11-5)12-6)41-32-28-24-20-21-25-29-33-44-54-50(53)45-47(37-15-9-3)38-16-10-4;2-1-3/h46-48H,7-45H2,1-6H3;1H,(H,2,3). The van der Waals surface area contributed by atoms with Crippen LogP contribution in [0.25, 0.3) is 0 Å². The van der Waals surface area contributed by atoms with Gasteiger partial charge in [-0.2, -0.15) is 0 Å². The van der Waals surface area contributed by atoms with Crippen molar-refractivity contribution >= 4 is 18.4 Å². The van der Waals surface area contributed by atoms with Gasteiger partial charge in [0.2, 0.25) is 0 Å². The number of carbonyl (C=O) groups excluding carboxylic acids is 2. The van der Waals surface area contributed by atoms with E-state index >= 15 is 0 Å². The molecule has 0 saturated heterocycles. The predicted molar refractivity (Wildman–Crippen MR) is 249 cm³/mol. The van der Waals surface area contributed by atoms with E-state index in [0.717, 1.165) is 76.9 Å². The molecule has 0 saturated carbocycles. The van der Waals surface area contributed by atoms with Gasteiger partial charge in [0.15, 0.2) is 0 Å². The first kappa shape index (κ1) is 58.5. The highest BCUT2D eigenvalue weighted by molar-refractivity contribution is 5.69. The molecular formula is C51H101NO6. The van der Waals surface area contributed by atoms with Crippen molar-refractivity contribution in [3.8, 4) is 0 Å². The molecular weight excluding hydrogens is 723 g/mol. The van der Waals surface area contributed by atoms with Crippen LogP contribution in [-0.4, -0.2) is 60.8 Å². The van der Waals surface area contributed by atoms with Crippen molar-refractivity contribution in [1.29, 1.82) is 0 Å². The van der Waals surface area contributed by atoms with Gasteiger partial charge < -0.3 is 19.5 Å². The lowest BCUT2D eigenvalue weighted by molar-refractivity contribution is -0.150. The summed E-state index contributed by atoms with van der Waals surface area (Å²) in [6, 6.07) is 0. The van der Waals surface area contributed by atoms with Gasteiger partial charge >= 0.3 is 11.9 Å². The first-order valence-electron chi connectivity index (χ1n) is 25.5. The molecule has 0 aliphatic carbocycles. The lowest BCUT2D eigenvalue weighted by atomic mass is 9.90. The van der Waals surface area contributed by atoms with Crippen LogP contribution >= 0.6 is 0 Å². The summed E-state index contributed by atoms with van der Waals surface area (Å²) in [6.07, 6.45) is 42.9. The summed E-state index contributed by atoms with van der Waals surface area (Å²) < 4.78 is 11.7. The Morgan fingerprint density at radius 1 is 0.483 bits per heavy atom. The number of rotatable bonds is 44. The molecule has 7 nitrogen and oxygen atoms in total. The summed E-state index contributed by atoms with van der Waals surface area (Å²) in [7, 11) is 0. The highest BCUT2D eigenvalue weighted by Gasteiger charge is 2.16. The molecule has 0 radical (unpaired) electrons. The summed E-state index contributed by atoms with van der Waals surface area (Å²) in [5, 5.41) is 6.89. The number of esters is 2. The third-order valence-electron chi connectivity index (χ3n) is 12.2. The van der Waals surface area contributed by atoms with Crippen molar-refractivity contribution in [2.24, 2.45) is 11.8 Å². The lowest BCUT2D eigenvalue weighted by Gasteiger charge is -2.20. The van der Waals surface area contributed by atoms with Crippen LogP contribution in [0.1, 0.15) is 266 Å². The quantitative estimate of drug-likeness (QED) is 0.0371. The van der Waals surface area contributed by atoms with Gasteiger partial charge in [-0.25, -0.2) is 0 Å². The summed E-state index contributed by atoms with van der Waals surface area (Å²) in [5.74, 6) is 1.51. The van der Waals surface area contributed by atoms with Gasteiger partial charge in [-0.3, -0.25) is 14.4 Å². The predicted octanol–water partition coefficient (Wildman–Crippen LogP) is 15.4. The molecule has 0 aromatic carbocycles. The Kier molecular flexibility index (Phi) is 48.4. The molecule has 0 fully saturated rings. The van der Waals surface area contributed by atoms with Gasteiger partial charge in [0.1, 0.15) is 6.10 Å². The number of hydrogen-bond donors (Lipinski definition) is 1. The Bertz CT molecular complexity index is 833. The zero-order chi connectivity index (χ0) is 43.2. The van der Waals surface area contributed by atoms with Gasteiger partial charge in [0.05, 0.1) is 6.61 Å². The first-order chi connectivity index (χ1) is 28.3. The van der Waals surface area contributed by atoms with E-state index in [9.17, 15) is 9.59 Å². The van der Waals surface area contributed by atoms with E-state index in [4.69, 9.17) is 19.4 Å². The number of nitrogens with zero attached hydrogens (tertiary/aromatic N) is 1. The first-order valence-corrected chi connectivity index (χ1v) is 25.5. The number of carboxylic acid groups (broad SMARTS) is 1. The van der Waals surface area contributed by atoms with E-state index in [-0.39, 0.29) is 24.5 Å². The monoisotopic (exact) mass is 824 g/mol. The molecule has 0 rings (SSSR count). The van der Waals surface area contributed by atoms with Crippen LogP contribution in [0, 0.1) is 11.8 Å². The molecule has 1 atom stereocenters. The Morgan fingerprint density at radius 2 is 0.845 bits per heavy atom. The zero-order valence-corrected chi connectivity index (χ0v) is 39.8. The van der Waals surface area contributed by atoms with Crippen LogP contribution in [0.5, 0.6) is 0 Å². The van der Waals surface area contributed by atoms with E-state index in [1.54, 1.807) is 0 Å². The Hall–Kier alpha value is -1.63. The van der Waals surface area contributed by atoms with Crippen LogP contribution in [0.4, 0.5) is 0 Å². The molecule has 346 valence electrons. The van der Waals surface area contributed by atoms with Gasteiger partial charge in [-0.05, 0) is 82.8 Å². The second-order valence-corrected chi connectivity index (χ2v) is 17.4. The molecule has 0 aromatic heterocycles. The van der Waals surface area contributed by atoms with Gasteiger partial charge in [0.25, 0.3) is 6.47 Å². The third-order valence-corrected chi connectivity index (χ3v) is 12.2. The van der Waals surface area contributed by atoms with Crippen molar-refractivity contribution in [1.82, 2.24) is 4.90 Å². The maximum absolute atomic E-state index is 12.8. The minimum absolute atomic E-state index is 0.0117. The Labute approximate surface area is 361 Å². The van der Waals surface area contributed by atoms with Crippen LogP contribution < -0.4 is 0 Å². The van der Waals surface area contributed by atoms with Crippen molar-refractivity contribution in [2.45, 2.75) is 272 Å². The molecule has 1 N–H and O–H groups in total. The van der Waals surface area contributed by atoms with E-state index in [1.165, 1.54) is 161 Å². The van der Waals surface area contributed by atoms with Crippen molar-refractivity contribution in [3.05, 3.63) is 0 Å². The molecule has 0 amide bonds. The highest BCUT2D eigenvalue weighted by atomic mass is 16.5. The van der Waals surface area contributed by atoms with Gasteiger partial charge in [-0.15, -0.1) is 0 Å². The van der Waals surface area contributed by atoms with Crippen LogP contribution in [0.15, 0.2) is 0 Å². The van der Waals surface area contributed by atoms with E-state index < -0.39 is 0 Å². The summed E-state index contributed by atoms with van der Waals surface area (Å²) in [6.45, 7) is 16.9. The molecule has 0 bridgehead atoms. The van der Waals surface area contributed by atoms with Gasteiger partial charge in [0, 0.05) is 12.8 Å². The lowest BCUT2D eigenvalue weighted by Crippen LogP contribution is -2.25. The fourth-order valence-corrected chi connectivity index (χ4v) is 8.30. The molecule has 1 unspecified atom stereocenters. The SMILES string of the molecule is CCCCC(CCCC)CCCCCCCCCCCC(CCCCCCCCCCOC(=O)CC(CCCC)CCCC)OC(=O)CCCN(CC)CC.O=CO. The number of ether oxygens (including phenoxy) is 2. The summed E-state index contributed by atoms with van der Waals surface area (Å²) in [5.41, 5.74) is 0. The Balaban J connectivity index is 0. The van der Waals surface area contributed by atoms with E-state index in [2.05, 4.69) is 46.4 Å². The highest BCUT2D eigenvalue weighted by Crippen LogP contribution is 2.24. The average Bonchev–Trinajstić information content (AvgIpc) is 3.22. The summed E-state index contributed by atoms with van der Waals surface area (Å²) in [4.78, 5) is 35.9. The molecule has 0 aliphatic rings. The number of carbonyl (C=O) groups is 3. The maximum atomic E-state index is 12.8. The molecule has 7 heteroatoms. The molecule has 0 spiro atoms. The van der Waals surface area contributed by atoms with E-state index in [0.29, 0.717) is 25.4 Å². The number of hydrogen-bond acceptors (Lipinski definition) is 6. The molecule has 0 aromatic rings. The normalized spacial score (nSPS) is 11.9. The maximum Gasteiger partial charge on any atom is 0.306 e. The van der Waals surface area contributed by atoms with Crippen LogP contribution in [0.2, 0.25) is 0 Å². The minimum atomic E-state index is -0.250.